The maximum Gasteiger partial charge on any atom is 0.0576 e. The number of rotatable bonds is 5. The maximum atomic E-state index is 2.58. The topological polar surface area (TPSA) is 11.4 Å². The molecule has 1 saturated heterocycles. The lowest BCUT2D eigenvalue weighted by atomic mass is 10.0. The molecule has 0 saturated carbocycles. The molecule has 162 valence electrons. The van der Waals surface area contributed by atoms with E-state index in [0.29, 0.717) is 0 Å². The quantitative estimate of drug-likeness (QED) is 0.399. The largest absolute Gasteiger partial charge is 0.316 e. The number of hydrogen-bond acceptors (Lipinski definition) is 2. The van der Waals surface area contributed by atoms with Crippen LogP contribution in [0.1, 0.15) is 11.1 Å². The number of piperazine rings is 1. The predicted molar refractivity (Wildman–Crippen MR) is 134 cm³/mol. The summed E-state index contributed by atoms with van der Waals surface area (Å²) in [6.07, 6.45) is 2.24. The highest BCUT2D eigenvalue weighted by Gasteiger charge is 2.19. The van der Waals surface area contributed by atoms with Gasteiger partial charge >= 0.3 is 0 Å². The van der Waals surface area contributed by atoms with Gasteiger partial charge in [0, 0.05) is 50.2 Å². The van der Waals surface area contributed by atoms with Gasteiger partial charge < -0.3 is 9.47 Å². The van der Waals surface area contributed by atoms with E-state index in [1.165, 1.54) is 39.2 Å². The van der Waals surface area contributed by atoms with Crippen LogP contribution in [0.5, 0.6) is 0 Å². The summed E-state index contributed by atoms with van der Waals surface area (Å²) in [5, 5.41) is 0. The van der Waals surface area contributed by atoms with Crippen LogP contribution in [0.4, 0.5) is 0 Å². The Bertz CT molecular complexity index is 1170. The lowest BCUT2D eigenvalue weighted by molar-refractivity contribution is 0.148. The monoisotopic (exact) mass is 421 g/mol. The number of aryl methyl sites for hydroxylation is 1. The predicted octanol–water partition coefficient (Wildman–Crippen LogP) is 5.87. The van der Waals surface area contributed by atoms with Crippen LogP contribution in [0.3, 0.4) is 0 Å². The molecular weight excluding hydrogens is 390 g/mol. The normalized spacial score (nSPS) is 15.2. The Morgan fingerprint density at radius 3 is 2.06 bits per heavy atom. The minimum absolute atomic E-state index is 0.993. The van der Waals surface area contributed by atoms with E-state index in [9.17, 15) is 0 Å². The van der Waals surface area contributed by atoms with Crippen LogP contribution in [0, 0.1) is 6.92 Å². The maximum absolute atomic E-state index is 2.58. The Morgan fingerprint density at radius 2 is 1.34 bits per heavy atom. The first-order valence-corrected chi connectivity index (χ1v) is 11.5. The zero-order chi connectivity index (χ0) is 21.9. The van der Waals surface area contributed by atoms with Crippen molar-refractivity contribution in [1.29, 1.82) is 0 Å². The summed E-state index contributed by atoms with van der Waals surface area (Å²) in [5.41, 5.74) is 9.04. The summed E-state index contributed by atoms with van der Waals surface area (Å²) in [5.74, 6) is 0. The van der Waals surface area contributed by atoms with Gasteiger partial charge in [-0.05, 0) is 54.4 Å². The zero-order valence-electron chi connectivity index (χ0n) is 19.0. The highest BCUT2D eigenvalue weighted by atomic mass is 15.2. The molecule has 0 aliphatic carbocycles. The lowest BCUT2D eigenvalue weighted by Crippen LogP contribution is -2.43. The fraction of sp³-hybridized carbons (Fsp3) is 0.241. The molecule has 1 aromatic heterocycles. The smallest absolute Gasteiger partial charge is 0.0576 e. The van der Waals surface area contributed by atoms with Gasteiger partial charge in [0.2, 0.25) is 0 Å². The second-order valence-corrected chi connectivity index (χ2v) is 8.87. The van der Waals surface area contributed by atoms with Crippen LogP contribution in [0.25, 0.3) is 28.1 Å². The van der Waals surface area contributed by atoms with E-state index < -0.39 is 0 Å². The van der Waals surface area contributed by atoms with E-state index in [4.69, 9.17) is 0 Å². The fourth-order valence-corrected chi connectivity index (χ4v) is 4.65. The number of aromatic nitrogens is 1. The average Bonchev–Trinajstić information content (AvgIpc) is 3.25. The van der Waals surface area contributed by atoms with Gasteiger partial charge in [-0.2, -0.15) is 0 Å². The molecule has 0 spiro atoms. The molecule has 32 heavy (non-hydrogen) atoms. The molecular formula is C29H31N3. The molecule has 0 N–H and O–H groups in total. The van der Waals surface area contributed by atoms with Crippen molar-refractivity contribution >= 4 is 0 Å². The van der Waals surface area contributed by atoms with E-state index >= 15 is 0 Å². The van der Waals surface area contributed by atoms with Crippen LogP contribution < -0.4 is 0 Å². The Labute approximate surface area is 191 Å². The van der Waals surface area contributed by atoms with Gasteiger partial charge in [0.25, 0.3) is 0 Å². The minimum Gasteiger partial charge on any atom is -0.316 e. The van der Waals surface area contributed by atoms with E-state index in [2.05, 4.69) is 119 Å². The van der Waals surface area contributed by atoms with Crippen molar-refractivity contribution in [2.75, 3.05) is 33.2 Å². The number of nitrogens with zero attached hydrogens (tertiary/aromatic N) is 3. The van der Waals surface area contributed by atoms with Gasteiger partial charge in [-0.1, -0.05) is 66.7 Å². The molecule has 0 amide bonds. The molecule has 5 rings (SSSR count). The summed E-state index contributed by atoms with van der Waals surface area (Å²) < 4.78 is 2.36. The first kappa shape index (κ1) is 20.7. The Kier molecular flexibility index (Phi) is 5.93. The third-order valence-electron chi connectivity index (χ3n) is 6.61. The molecule has 3 nitrogen and oxygen atoms in total. The fourth-order valence-electron chi connectivity index (χ4n) is 4.65. The van der Waals surface area contributed by atoms with Crippen molar-refractivity contribution < 1.29 is 0 Å². The standard InChI is InChI=1S/C29H31N3/c1-23-8-6-7-11-28(23)29-26(22-31-20-18-30(2)19-21-31)16-17-32(29)27-14-12-25(13-15-27)24-9-4-3-5-10-24/h3-17H,18-22H2,1-2H3. The van der Waals surface area contributed by atoms with Crippen molar-refractivity contribution in [3.8, 4) is 28.1 Å². The van der Waals surface area contributed by atoms with Crippen LogP contribution in [-0.4, -0.2) is 47.6 Å². The zero-order valence-corrected chi connectivity index (χ0v) is 19.0. The van der Waals surface area contributed by atoms with E-state index in [-0.39, 0.29) is 0 Å². The molecule has 1 fully saturated rings. The summed E-state index contributed by atoms with van der Waals surface area (Å²) in [6, 6.07) is 30.6. The lowest BCUT2D eigenvalue weighted by Gasteiger charge is -2.32. The molecule has 0 bridgehead atoms. The van der Waals surface area contributed by atoms with Gasteiger partial charge in [0.15, 0.2) is 0 Å². The first-order chi connectivity index (χ1) is 15.7. The van der Waals surface area contributed by atoms with Gasteiger partial charge in [-0.25, -0.2) is 0 Å². The van der Waals surface area contributed by atoms with E-state index in [1.54, 1.807) is 0 Å². The van der Waals surface area contributed by atoms with Crippen LogP contribution >= 0.6 is 0 Å². The molecule has 0 radical (unpaired) electrons. The van der Waals surface area contributed by atoms with Crippen LogP contribution in [0.2, 0.25) is 0 Å². The van der Waals surface area contributed by atoms with Crippen molar-refractivity contribution in [3.63, 3.8) is 0 Å². The van der Waals surface area contributed by atoms with Crippen molar-refractivity contribution in [1.82, 2.24) is 14.4 Å². The van der Waals surface area contributed by atoms with E-state index in [0.717, 1.165) is 32.7 Å². The third kappa shape index (κ3) is 4.27. The average molecular weight is 422 g/mol. The third-order valence-corrected chi connectivity index (χ3v) is 6.61. The Morgan fingerprint density at radius 1 is 0.688 bits per heavy atom. The van der Waals surface area contributed by atoms with Crippen molar-refractivity contribution in [3.05, 3.63) is 102 Å². The second-order valence-electron chi connectivity index (χ2n) is 8.87. The molecule has 3 aromatic carbocycles. The van der Waals surface area contributed by atoms with E-state index in [1.807, 2.05) is 0 Å². The van der Waals surface area contributed by atoms with Crippen LogP contribution in [-0.2, 0) is 6.54 Å². The summed E-state index contributed by atoms with van der Waals surface area (Å²) in [6.45, 7) is 7.74. The summed E-state index contributed by atoms with van der Waals surface area (Å²) in [4.78, 5) is 5.00. The number of likely N-dealkylation sites (N-methyl/N-ethyl adjacent to an activating group) is 1. The van der Waals surface area contributed by atoms with Gasteiger partial charge in [0.05, 0.1) is 5.69 Å². The van der Waals surface area contributed by atoms with Gasteiger partial charge in [-0.3, -0.25) is 4.90 Å². The molecule has 0 atom stereocenters. The molecule has 4 aromatic rings. The number of hydrogen-bond donors (Lipinski definition) is 0. The number of benzene rings is 3. The van der Waals surface area contributed by atoms with Gasteiger partial charge in [0.1, 0.15) is 0 Å². The van der Waals surface area contributed by atoms with Crippen molar-refractivity contribution in [2.24, 2.45) is 0 Å². The highest BCUT2D eigenvalue weighted by Crippen LogP contribution is 2.32. The van der Waals surface area contributed by atoms with Crippen molar-refractivity contribution in [2.45, 2.75) is 13.5 Å². The molecule has 3 heteroatoms. The first-order valence-electron chi connectivity index (χ1n) is 11.5. The second kappa shape index (κ2) is 9.15. The minimum atomic E-state index is 0.993. The SMILES string of the molecule is Cc1ccccc1-c1c(CN2CCN(C)CC2)ccn1-c1ccc(-c2ccccc2)cc1. The molecule has 2 heterocycles. The Balaban J connectivity index is 1.52. The molecule has 1 aliphatic heterocycles. The highest BCUT2D eigenvalue weighted by molar-refractivity contribution is 5.71. The molecule has 1 aliphatic rings. The van der Waals surface area contributed by atoms with Gasteiger partial charge in [-0.15, -0.1) is 0 Å². The molecule has 0 unspecified atom stereocenters. The van der Waals surface area contributed by atoms with Crippen LogP contribution in [0.15, 0.2) is 91.1 Å². The Hall–Kier alpha value is -3.14. The summed E-state index contributed by atoms with van der Waals surface area (Å²) in [7, 11) is 2.21. The summed E-state index contributed by atoms with van der Waals surface area (Å²) >= 11 is 0.